The van der Waals surface area contributed by atoms with Crippen LogP contribution in [0.15, 0.2) is 89.4 Å². The molecule has 0 bridgehead atoms. The highest BCUT2D eigenvalue weighted by molar-refractivity contribution is 9.10. The number of halogens is 1. The Balaban J connectivity index is 1.77. The van der Waals surface area contributed by atoms with E-state index in [-0.39, 0.29) is 24.8 Å². The lowest BCUT2D eigenvalue weighted by atomic mass is 9.98. The number of benzene rings is 3. The van der Waals surface area contributed by atoms with Gasteiger partial charge < -0.3 is 15.7 Å². The number of carboxylic acids is 1. The summed E-state index contributed by atoms with van der Waals surface area (Å²) in [6.07, 6.45) is 0.112. The topological polar surface area (TPSA) is 78.4 Å². The minimum Gasteiger partial charge on any atom is -0.481 e. The highest BCUT2D eigenvalue weighted by atomic mass is 79.9. The molecule has 0 saturated carbocycles. The van der Waals surface area contributed by atoms with Crippen molar-refractivity contribution in [1.29, 1.82) is 0 Å². The van der Waals surface area contributed by atoms with E-state index in [1.807, 2.05) is 84.9 Å². The molecule has 0 aliphatic heterocycles. The van der Waals surface area contributed by atoms with Crippen molar-refractivity contribution in [2.24, 2.45) is 0 Å². The smallest absolute Gasteiger partial charge is 0.303 e. The van der Waals surface area contributed by atoms with E-state index in [2.05, 4.69) is 26.6 Å². The largest absolute Gasteiger partial charge is 0.481 e. The van der Waals surface area contributed by atoms with Crippen LogP contribution in [-0.4, -0.2) is 23.0 Å². The van der Waals surface area contributed by atoms with E-state index < -0.39 is 12.0 Å². The van der Waals surface area contributed by atoms with Crippen LogP contribution in [0.2, 0.25) is 0 Å². The number of amides is 1. The normalized spacial score (nSPS) is 11.8. The van der Waals surface area contributed by atoms with Gasteiger partial charge in [0.1, 0.15) is 0 Å². The fourth-order valence-electron chi connectivity index (χ4n) is 3.33. The molecule has 1 atom stereocenters. The Kier molecular flexibility index (Phi) is 8.38. The lowest BCUT2D eigenvalue weighted by molar-refractivity contribution is -0.137. The summed E-state index contributed by atoms with van der Waals surface area (Å²) in [6, 6.07) is 26.3. The minimum absolute atomic E-state index is 0.0905. The molecule has 0 heterocycles. The second kappa shape index (κ2) is 11.4. The van der Waals surface area contributed by atoms with Crippen molar-refractivity contribution in [3.8, 4) is 0 Å². The van der Waals surface area contributed by atoms with E-state index >= 15 is 0 Å². The summed E-state index contributed by atoms with van der Waals surface area (Å²) < 4.78 is 0.977. The van der Waals surface area contributed by atoms with Gasteiger partial charge in [-0.05, 0) is 35.2 Å². The van der Waals surface area contributed by atoms with E-state index in [9.17, 15) is 9.59 Å². The first-order valence-corrected chi connectivity index (χ1v) is 10.9. The Morgan fingerprint density at radius 3 is 1.90 bits per heavy atom. The number of carbonyl (C=O) groups is 2. The SMILES string of the molecule is O=C(O)CC[C@H](NCc1ccc(Br)cc1)C(=O)NC(c1ccccc1)c1ccccc1. The Hall–Kier alpha value is -2.96. The average Bonchev–Trinajstić information content (AvgIpc) is 2.79. The molecule has 3 aromatic rings. The summed E-state index contributed by atoms with van der Waals surface area (Å²) in [5.41, 5.74) is 2.94. The molecule has 3 rings (SSSR count). The lowest BCUT2D eigenvalue weighted by Crippen LogP contribution is -2.45. The molecule has 0 aliphatic rings. The van der Waals surface area contributed by atoms with E-state index in [4.69, 9.17) is 5.11 Å². The third-order valence-electron chi connectivity index (χ3n) is 4.98. The molecule has 5 nitrogen and oxygen atoms in total. The van der Waals surface area contributed by atoms with Gasteiger partial charge in [0.05, 0.1) is 12.1 Å². The maximum Gasteiger partial charge on any atom is 0.303 e. The van der Waals surface area contributed by atoms with Crippen LogP contribution in [0, 0.1) is 0 Å². The van der Waals surface area contributed by atoms with E-state index in [0.717, 1.165) is 21.2 Å². The van der Waals surface area contributed by atoms with Crippen molar-refractivity contribution < 1.29 is 14.7 Å². The zero-order valence-corrected chi connectivity index (χ0v) is 18.6. The molecule has 1 amide bonds. The van der Waals surface area contributed by atoms with Gasteiger partial charge in [0.15, 0.2) is 0 Å². The summed E-state index contributed by atoms with van der Waals surface area (Å²) in [5, 5.41) is 15.5. The molecule has 3 aromatic carbocycles. The number of hydrogen-bond acceptors (Lipinski definition) is 3. The molecule has 31 heavy (non-hydrogen) atoms. The Bertz CT molecular complexity index is 939. The van der Waals surface area contributed by atoms with E-state index in [0.29, 0.717) is 6.54 Å². The molecule has 0 aromatic heterocycles. The Labute approximate surface area is 190 Å². The van der Waals surface area contributed by atoms with Crippen molar-refractivity contribution in [1.82, 2.24) is 10.6 Å². The standard InChI is InChI=1S/C25H25BrN2O3/c26-21-13-11-18(12-14-21)17-27-22(15-16-23(29)30)25(31)28-24(19-7-3-1-4-8-19)20-9-5-2-6-10-20/h1-14,22,24,27H,15-17H2,(H,28,31)(H,29,30)/t22-/m0/s1. The molecular weight excluding hydrogens is 456 g/mol. The van der Waals surface area contributed by atoms with Crippen molar-refractivity contribution in [2.45, 2.75) is 31.5 Å². The van der Waals surface area contributed by atoms with Gasteiger partial charge in [-0.15, -0.1) is 0 Å². The maximum absolute atomic E-state index is 13.2. The fraction of sp³-hybridized carbons (Fsp3) is 0.200. The molecular formula is C25H25BrN2O3. The zero-order chi connectivity index (χ0) is 22.1. The molecule has 160 valence electrons. The quantitative estimate of drug-likeness (QED) is 0.393. The van der Waals surface area contributed by atoms with Gasteiger partial charge in [0.2, 0.25) is 5.91 Å². The molecule has 3 N–H and O–H groups in total. The highest BCUT2D eigenvalue weighted by Gasteiger charge is 2.23. The first-order valence-electron chi connectivity index (χ1n) is 10.1. The van der Waals surface area contributed by atoms with Crippen LogP contribution < -0.4 is 10.6 Å². The summed E-state index contributed by atoms with van der Waals surface area (Å²) in [5.74, 6) is -1.15. The molecule has 0 saturated heterocycles. The van der Waals surface area contributed by atoms with Crippen LogP contribution in [0.4, 0.5) is 0 Å². The summed E-state index contributed by atoms with van der Waals surface area (Å²) in [4.78, 5) is 24.4. The molecule has 0 unspecified atom stereocenters. The van der Waals surface area contributed by atoms with E-state index in [1.54, 1.807) is 0 Å². The molecule has 0 spiro atoms. The number of carbonyl (C=O) groups excluding carboxylic acids is 1. The van der Waals surface area contributed by atoms with Gasteiger partial charge in [0, 0.05) is 17.4 Å². The Morgan fingerprint density at radius 1 is 0.839 bits per heavy atom. The summed E-state index contributed by atoms with van der Waals surface area (Å²) in [6.45, 7) is 0.465. The van der Waals surface area contributed by atoms with Crippen LogP contribution in [0.1, 0.15) is 35.6 Å². The van der Waals surface area contributed by atoms with Gasteiger partial charge in [-0.25, -0.2) is 0 Å². The zero-order valence-electron chi connectivity index (χ0n) is 17.0. The average molecular weight is 481 g/mol. The number of nitrogens with one attached hydrogen (secondary N) is 2. The maximum atomic E-state index is 13.2. The third-order valence-corrected chi connectivity index (χ3v) is 5.51. The molecule has 0 fully saturated rings. The highest BCUT2D eigenvalue weighted by Crippen LogP contribution is 2.22. The second-order valence-corrected chi connectivity index (χ2v) is 8.17. The second-order valence-electron chi connectivity index (χ2n) is 7.26. The monoisotopic (exact) mass is 480 g/mol. The van der Waals surface area contributed by atoms with Crippen LogP contribution in [0.3, 0.4) is 0 Å². The van der Waals surface area contributed by atoms with Crippen LogP contribution in [0.25, 0.3) is 0 Å². The van der Waals surface area contributed by atoms with Gasteiger partial charge in [-0.2, -0.15) is 0 Å². The first-order chi connectivity index (χ1) is 15.0. The van der Waals surface area contributed by atoms with Gasteiger partial charge >= 0.3 is 5.97 Å². The predicted molar refractivity (Wildman–Crippen MR) is 125 cm³/mol. The Morgan fingerprint density at radius 2 is 1.39 bits per heavy atom. The van der Waals surface area contributed by atoms with Crippen LogP contribution in [-0.2, 0) is 16.1 Å². The minimum atomic E-state index is -0.925. The van der Waals surface area contributed by atoms with Crippen molar-refractivity contribution >= 4 is 27.8 Å². The summed E-state index contributed by atoms with van der Waals surface area (Å²) in [7, 11) is 0. The van der Waals surface area contributed by atoms with Gasteiger partial charge in [0.25, 0.3) is 0 Å². The van der Waals surface area contributed by atoms with Crippen molar-refractivity contribution in [2.75, 3.05) is 0 Å². The van der Waals surface area contributed by atoms with Crippen LogP contribution >= 0.6 is 15.9 Å². The van der Waals surface area contributed by atoms with Gasteiger partial charge in [-0.1, -0.05) is 88.7 Å². The summed E-state index contributed by atoms with van der Waals surface area (Å²) >= 11 is 3.41. The third kappa shape index (κ3) is 7.05. The van der Waals surface area contributed by atoms with Crippen LogP contribution in [0.5, 0.6) is 0 Å². The molecule has 0 aliphatic carbocycles. The van der Waals surface area contributed by atoms with Crippen molar-refractivity contribution in [3.05, 3.63) is 106 Å². The number of rotatable bonds is 10. The van der Waals surface area contributed by atoms with Crippen molar-refractivity contribution in [3.63, 3.8) is 0 Å². The van der Waals surface area contributed by atoms with Gasteiger partial charge in [-0.3, -0.25) is 9.59 Å². The lowest BCUT2D eigenvalue weighted by Gasteiger charge is -2.24. The van der Waals surface area contributed by atoms with E-state index in [1.165, 1.54) is 0 Å². The number of hydrogen-bond donors (Lipinski definition) is 3. The molecule has 6 heteroatoms. The predicted octanol–water partition coefficient (Wildman–Crippen LogP) is 4.68. The first kappa shape index (κ1) is 22.7. The fourth-order valence-corrected chi connectivity index (χ4v) is 3.59. The number of aliphatic carboxylic acids is 1. The number of carboxylic acid groups (broad SMARTS) is 1. The molecule has 0 radical (unpaired) electrons.